The number of aryl methyl sites for hydroxylation is 1. The number of hydrogen-bond acceptors (Lipinski definition) is 5. The summed E-state index contributed by atoms with van der Waals surface area (Å²) in [7, 11) is 3.57. The van der Waals surface area contributed by atoms with Gasteiger partial charge >= 0.3 is 0 Å². The minimum atomic E-state index is 0.311. The van der Waals surface area contributed by atoms with Crippen LogP contribution in [0.5, 0.6) is 5.75 Å². The van der Waals surface area contributed by atoms with E-state index in [0.717, 1.165) is 23.3 Å². The standard InChI is InChI=1S/C14H19N3O2/c1-9-7-11(5-6-12(9)18-4)14-16-13(19-17-14)8-10(2)15-3/h5-7,10,15H,8H2,1-4H3. The normalized spacial score (nSPS) is 12.4. The molecule has 0 amide bonds. The van der Waals surface area contributed by atoms with E-state index in [1.807, 2.05) is 32.2 Å². The van der Waals surface area contributed by atoms with Gasteiger partial charge in [-0.05, 0) is 44.7 Å². The van der Waals surface area contributed by atoms with Crippen LogP contribution in [0.3, 0.4) is 0 Å². The summed E-state index contributed by atoms with van der Waals surface area (Å²) in [5.41, 5.74) is 1.99. The number of likely N-dealkylation sites (N-methyl/N-ethyl adjacent to an activating group) is 1. The van der Waals surface area contributed by atoms with Crippen LogP contribution in [-0.2, 0) is 6.42 Å². The van der Waals surface area contributed by atoms with Crippen LogP contribution >= 0.6 is 0 Å². The largest absolute Gasteiger partial charge is 0.496 e. The second-order valence-corrected chi connectivity index (χ2v) is 4.59. The second-order valence-electron chi connectivity index (χ2n) is 4.59. The molecule has 5 nitrogen and oxygen atoms in total. The summed E-state index contributed by atoms with van der Waals surface area (Å²) in [4.78, 5) is 4.41. The molecule has 2 rings (SSSR count). The second kappa shape index (κ2) is 5.84. The lowest BCUT2D eigenvalue weighted by atomic mass is 10.1. The summed E-state index contributed by atoms with van der Waals surface area (Å²) in [5.74, 6) is 2.12. The topological polar surface area (TPSA) is 60.2 Å². The number of nitrogens with one attached hydrogen (secondary N) is 1. The first kappa shape index (κ1) is 13.5. The molecule has 0 saturated heterocycles. The third-order valence-corrected chi connectivity index (χ3v) is 3.09. The number of hydrogen-bond donors (Lipinski definition) is 1. The molecule has 0 aliphatic rings. The van der Waals surface area contributed by atoms with Crippen molar-refractivity contribution in [3.05, 3.63) is 29.7 Å². The fourth-order valence-electron chi connectivity index (χ4n) is 1.84. The Balaban J connectivity index is 2.20. The SMILES string of the molecule is CNC(C)Cc1nc(-c2ccc(OC)c(C)c2)no1. The first-order chi connectivity index (χ1) is 9.13. The van der Waals surface area contributed by atoms with Crippen LogP contribution in [0.15, 0.2) is 22.7 Å². The summed E-state index contributed by atoms with van der Waals surface area (Å²) < 4.78 is 10.5. The van der Waals surface area contributed by atoms with Crippen molar-refractivity contribution in [1.82, 2.24) is 15.5 Å². The van der Waals surface area contributed by atoms with E-state index >= 15 is 0 Å². The van der Waals surface area contributed by atoms with E-state index in [9.17, 15) is 0 Å². The van der Waals surface area contributed by atoms with Gasteiger partial charge in [-0.25, -0.2) is 0 Å². The molecule has 1 aromatic carbocycles. The van der Waals surface area contributed by atoms with Crippen LogP contribution in [-0.4, -0.2) is 30.3 Å². The van der Waals surface area contributed by atoms with Crippen molar-refractivity contribution in [1.29, 1.82) is 0 Å². The van der Waals surface area contributed by atoms with Crippen molar-refractivity contribution in [2.24, 2.45) is 0 Å². The van der Waals surface area contributed by atoms with Crippen molar-refractivity contribution < 1.29 is 9.26 Å². The monoisotopic (exact) mass is 261 g/mol. The molecule has 0 aliphatic carbocycles. The first-order valence-corrected chi connectivity index (χ1v) is 6.29. The van der Waals surface area contributed by atoms with Crippen LogP contribution in [0.2, 0.25) is 0 Å². The smallest absolute Gasteiger partial charge is 0.228 e. The zero-order valence-electron chi connectivity index (χ0n) is 11.7. The molecule has 0 bridgehead atoms. The van der Waals surface area contributed by atoms with E-state index < -0.39 is 0 Å². The number of benzene rings is 1. The van der Waals surface area contributed by atoms with Crippen molar-refractivity contribution in [3.63, 3.8) is 0 Å². The summed E-state index contributed by atoms with van der Waals surface area (Å²) >= 11 is 0. The highest BCUT2D eigenvalue weighted by molar-refractivity contribution is 5.58. The van der Waals surface area contributed by atoms with Gasteiger partial charge in [0.15, 0.2) is 0 Å². The highest BCUT2D eigenvalue weighted by atomic mass is 16.5. The fraction of sp³-hybridized carbons (Fsp3) is 0.429. The number of ether oxygens (including phenoxy) is 1. The van der Waals surface area contributed by atoms with Crippen LogP contribution < -0.4 is 10.1 Å². The van der Waals surface area contributed by atoms with Crippen molar-refractivity contribution >= 4 is 0 Å². The van der Waals surface area contributed by atoms with E-state index in [1.54, 1.807) is 7.11 Å². The predicted molar refractivity (Wildman–Crippen MR) is 73.2 cm³/mol. The van der Waals surface area contributed by atoms with Gasteiger partial charge in [-0.1, -0.05) is 5.16 Å². The maximum absolute atomic E-state index is 5.26. The molecule has 0 spiro atoms. The molecule has 1 unspecified atom stereocenters. The van der Waals surface area contributed by atoms with Gasteiger partial charge in [0.05, 0.1) is 7.11 Å². The van der Waals surface area contributed by atoms with Gasteiger partial charge in [-0.3, -0.25) is 0 Å². The lowest BCUT2D eigenvalue weighted by Crippen LogP contribution is -2.23. The third kappa shape index (κ3) is 3.12. The fourth-order valence-corrected chi connectivity index (χ4v) is 1.84. The number of nitrogens with zero attached hydrogens (tertiary/aromatic N) is 2. The van der Waals surface area contributed by atoms with Crippen molar-refractivity contribution in [3.8, 4) is 17.1 Å². The highest BCUT2D eigenvalue weighted by Crippen LogP contribution is 2.24. The number of rotatable bonds is 5. The molecule has 1 atom stereocenters. The average molecular weight is 261 g/mol. The molecule has 1 aromatic heterocycles. The minimum absolute atomic E-state index is 0.311. The molecule has 1 N–H and O–H groups in total. The summed E-state index contributed by atoms with van der Waals surface area (Å²) in [6.45, 7) is 4.06. The molecular weight excluding hydrogens is 242 g/mol. The summed E-state index contributed by atoms with van der Waals surface area (Å²) in [6, 6.07) is 6.15. The van der Waals surface area contributed by atoms with E-state index in [0.29, 0.717) is 17.8 Å². The Morgan fingerprint density at radius 1 is 1.42 bits per heavy atom. The van der Waals surface area contributed by atoms with Gasteiger partial charge in [-0.15, -0.1) is 0 Å². The van der Waals surface area contributed by atoms with E-state index in [1.165, 1.54) is 0 Å². The van der Waals surface area contributed by atoms with Crippen molar-refractivity contribution in [2.75, 3.05) is 14.2 Å². The van der Waals surface area contributed by atoms with Gasteiger partial charge in [0.2, 0.25) is 11.7 Å². The molecule has 1 heterocycles. The Labute approximate surface area is 113 Å². The van der Waals surface area contributed by atoms with Gasteiger partial charge in [0.25, 0.3) is 0 Å². The molecule has 102 valence electrons. The first-order valence-electron chi connectivity index (χ1n) is 6.29. The van der Waals surface area contributed by atoms with E-state index in [2.05, 4.69) is 22.4 Å². The van der Waals surface area contributed by atoms with Crippen LogP contribution in [0.4, 0.5) is 0 Å². The molecule has 5 heteroatoms. The van der Waals surface area contributed by atoms with Gasteiger partial charge in [-0.2, -0.15) is 4.98 Å². The van der Waals surface area contributed by atoms with E-state index in [4.69, 9.17) is 9.26 Å². The average Bonchev–Trinajstić information content (AvgIpc) is 2.87. The molecule has 19 heavy (non-hydrogen) atoms. The quantitative estimate of drug-likeness (QED) is 0.894. The van der Waals surface area contributed by atoms with Crippen LogP contribution in [0, 0.1) is 6.92 Å². The molecule has 2 aromatic rings. The van der Waals surface area contributed by atoms with Crippen LogP contribution in [0.1, 0.15) is 18.4 Å². The molecule has 0 saturated carbocycles. The lowest BCUT2D eigenvalue weighted by Gasteiger charge is -2.05. The Bertz CT molecular complexity index is 551. The Morgan fingerprint density at radius 3 is 2.84 bits per heavy atom. The Kier molecular flexibility index (Phi) is 4.16. The Hall–Kier alpha value is -1.88. The van der Waals surface area contributed by atoms with Gasteiger partial charge in [0, 0.05) is 18.0 Å². The minimum Gasteiger partial charge on any atom is -0.496 e. The number of aromatic nitrogens is 2. The van der Waals surface area contributed by atoms with E-state index in [-0.39, 0.29) is 0 Å². The summed E-state index contributed by atoms with van der Waals surface area (Å²) in [6.07, 6.45) is 0.721. The molecule has 0 radical (unpaired) electrons. The highest BCUT2D eigenvalue weighted by Gasteiger charge is 2.12. The maximum atomic E-state index is 5.26. The molecule has 0 fully saturated rings. The van der Waals surface area contributed by atoms with Crippen LogP contribution in [0.25, 0.3) is 11.4 Å². The summed E-state index contributed by atoms with van der Waals surface area (Å²) in [5, 5.41) is 7.16. The zero-order valence-corrected chi connectivity index (χ0v) is 11.7. The lowest BCUT2D eigenvalue weighted by molar-refractivity contribution is 0.365. The maximum Gasteiger partial charge on any atom is 0.228 e. The van der Waals surface area contributed by atoms with Crippen molar-refractivity contribution in [2.45, 2.75) is 26.3 Å². The zero-order chi connectivity index (χ0) is 13.8. The van der Waals surface area contributed by atoms with Gasteiger partial charge in [0.1, 0.15) is 5.75 Å². The molecular formula is C14H19N3O2. The van der Waals surface area contributed by atoms with Gasteiger partial charge < -0.3 is 14.6 Å². The molecule has 0 aliphatic heterocycles. The third-order valence-electron chi connectivity index (χ3n) is 3.09. The number of methoxy groups -OCH3 is 1. The predicted octanol–water partition coefficient (Wildman–Crippen LogP) is 2.20. The Morgan fingerprint density at radius 2 is 2.21 bits per heavy atom.